The first-order chi connectivity index (χ1) is 55.5. The first-order valence-corrected chi connectivity index (χ1v) is 59.2. The van der Waals surface area contributed by atoms with Crippen LogP contribution in [0.3, 0.4) is 0 Å². The van der Waals surface area contributed by atoms with E-state index in [9.17, 15) is 19.8 Å². The Kier molecular flexibility index (Phi) is 36.7. The van der Waals surface area contributed by atoms with E-state index < -0.39 is 52.5 Å². The average Bonchev–Trinajstić information content (AvgIpc) is 1.65. The molecule has 14 atom stereocenters. The molecule has 17 rings (SSSR count). The van der Waals surface area contributed by atoms with Crippen molar-refractivity contribution < 1.29 is 47.6 Å². The molecule has 11 aliphatic rings. The number of fused-ring (bicyclic) bond motifs is 4. The SMILES string of the molecule is CCN(CC)CC.CC[C@H]1O[C@@H](n2cnc3c(NC(=O)c4ccccc4)ncnc32)C[C@H]1O.CC[C@H]1O[C@@H](n2cnc3c(NC(=O)c4ccccc4)ncnc32)C[C@H]1OP1O[C@H](C[Si]2(C)CCCC2)[C@@H]2CCCN21.CN1CCOCC1.C[Si]1(C[C@@H](O)[C@@H]2CCCN2)CCCC1.C[Si]1(C[C@H]2OP(Cl)N3CCC[C@@H]23)CCCC1.ClP(Cl)Cl. The number of hydrogen-bond acceptors (Lipinski definition) is 21. The highest BCUT2D eigenvalue weighted by Crippen LogP contribution is 2.61. The highest BCUT2D eigenvalue weighted by molar-refractivity contribution is 8.20. The van der Waals surface area contributed by atoms with Gasteiger partial charge in [-0.2, -0.15) is 0 Å². The van der Waals surface area contributed by atoms with E-state index in [0.29, 0.717) is 88.3 Å². The van der Waals surface area contributed by atoms with Crippen LogP contribution in [0, 0.1) is 0 Å². The molecule has 6 aromatic rings. The predicted molar refractivity (Wildman–Crippen MR) is 476 cm³/mol. The van der Waals surface area contributed by atoms with E-state index in [0.717, 1.165) is 58.3 Å². The second-order valence-corrected chi connectivity index (χ2v) is 57.2. The molecule has 25 nitrogen and oxygen atoms in total. The zero-order chi connectivity index (χ0) is 81.7. The number of nitrogens with one attached hydrogen (secondary N) is 3. The maximum absolute atomic E-state index is 12.8. The standard InChI is InChI=1S/C29H39N6O4PSi.C18H19N5O3.C11H21ClNOPSi.C11H23NOSi.C6H15N.C5H11NO.Cl3P/c1-3-22-23(38-40-35-13-9-12-21(35)24(39-40)17-41(2)14-7-8-15-41)16-25(37-22)34-19-32-26-27(30-18-31-28(26)34)33-29(36)20-10-5-4-6-11-20;1-2-13-12(24)8-14(26-13)23-10-21-15-16(19-9-20-17(15)23)22-18(25)11-6-4-3-5-7-11;1-16(7-2-3-8-16)9-11-10-5-4-6-13(10)15(12)14-11;1-14(7-2-3-8-14)9-11(13)10-5-4-6-12-10;1-4-7(5-2)6-3;1-6-2-4-7-5-3-6;1-4(2)3/h4-6,10-11,18-19,21-25H,3,7-9,12-17H2,1-2H3,(H,30,31,33,36);3-7,9-10,12-14,24H,2,8H2,1H3,(H,19,20,22,25);10-11H,2-9H2,1H3;10-13H,2-9H2,1H3;4-6H2,1-3H3;2-5H2,1H3;/t21-,22+,23+,24+,25+,40?;12-,13-,14-;10-,11+,15?;10-,11+;;;/m0100.../s1. The molecule has 0 spiro atoms. The normalized spacial score (nSPS) is 28.7. The lowest BCUT2D eigenvalue weighted by Gasteiger charge is -2.27. The third-order valence-corrected chi connectivity index (χ3v) is 42.7. The molecule has 5 N–H and O–H groups in total. The Labute approximate surface area is 708 Å². The number of ether oxygens (including phenoxy) is 3. The fraction of sp³-hybridized carbons (Fsp3) is 0.700. The number of benzene rings is 2. The number of aromatic nitrogens is 8. The van der Waals surface area contributed by atoms with Gasteiger partial charge in [0, 0.05) is 68.3 Å². The maximum atomic E-state index is 12.8. The Morgan fingerprint density at radius 2 is 1.09 bits per heavy atom. The summed E-state index contributed by atoms with van der Waals surface area (Å²) in [5.41, 5.74) is 3.29. The van der Waals surface area contributed by atoms with Gasteiger partial charge >= 0.3 is 0 Å². The van der Waals surface area contributed by atoms with E-state index in [-0.39, 0.29) is 48.7 Å². The molecule has 4 aromatic heterocycles. The van der Waals surface area contributed by atoms with Gasteiger partial charge in [0.25, 0.3) is 20.3 Å². The molecule has 115 heavy (non-hydrogen) atoms. The predicted octanol–water partition coefficient (Wildman–Crippen LogP) is 18.6. The van der Waals surface area contributed by atoms with Crippen LogP contribution in [0.5, 0.6) is 0 Å². The summed E-state index contributed by atoms with van der Waals surface area (Å²) in [5, 5.41) is 29.3. The number of aliphatic hydroxyl groups is 2. The van der Waals surface area contributed by atoms with Crippen molar-refractivity contribution in [3.05, 3.63) is 97.1 Å². The number of anilines is 2. The third kappa shape index (κ3) is 25.8. The number of aliphatic hydroxyl groups excluding tert-OH is 2. The molecular formula is C80H128Cl4N15O10P3Si3. The molecule has 11 fully saturated rings. The number of halogens is 4. The topological polar surface area (TPSA) is 266 Å². The van der Waals surface area contributed by atoms with Gasteiger partial charge in [0.15, 0.2) is 39.9 Å². The monoisotopic (exact) mass is 1780 g/mol. The van der Waals surface area contributed by atoms with Gasteiger partial charge in [0.05, 0.1) is 92.8 Å². The molecule has 0 saturated carbocycles. The molecule has 11 aliphatic heterocycles. The summed E-state index contributed by atoms with van der Waals surface area (Å²) < 4.78 is 45.8. The summed E-state index contributed by atoms with van der Waals surface area (Å²) in [7, 11) is -2.86. The van der Waals surface area contributed by atoms with E-state index in [1.807, 2.05) is 35.8 Å². The summed E-state index contributed by atoms with van der Waals surface area (Å²) in [6.45, 7) is 29.3. The molecule has 638 valence electrons. The van der Waals surface area contributed by atoms with Crippen molar-refractivity contribution in [2.24, 2.45) is 0 Å². The lowest BCUT2D eigenvalue weighted by Crippen LogP contribution is -2.41. The van der Waals surface area contributed by atoms with Crippen LogP contribution in [-0.2, 0) is 27.8 Å². The van der Waals surface area contributed by atoms with E-state index in [4.69, 9.17) is 72.7 Å². The van der Waals surface area contributed by atoms with Crippen LogP contribution in [0.25, 0.3) is 22.3 Å². The number of rotatable bonds is 20. The number of carbonyl (C=O) groups excluding carboxylic acids is 2. The minimum absolute atomic E-state index is 0.0375. The molecule has 35 heteroatoms. The Hall–Kier alpha value is -2.94. The van der Waals surface area contributed by atoms with Crippen molar-refractivity contribution in [2.45, 2.75) is 285 Å². The number of likely N-dealkylation sites (N-methyl/N-ethyl adjacent to an activating group) is 1. The lowest BCUT2D eigenvalue weighted by atomic mass is 10.1. The summed E-state index contributed by atoms with van der Waals surface area (Å²) in [6, 6.07) is 32.3. The fourth-order valence-corrected chi connectivity index (χ4v) is 35.5. The van der Waals surface area contributed by atoms with Gasteiger partial charge in [-0.15, -0.1) is 0 Å². The highest BCUT2D eigenvalue weighted by atomic mass is 36.0. The number of carbonyl (C=O) groups is 2. The molecular weight excluding hydrogens is 1650 g/mol. The molecule has 0 aliphatic carbocycles. The van der Waals surface area contributed by atoms with E-state index in [2.05, 4.69) is 119 Å². The van der Waals surface area contributed by atoms with Crippen LogP contribution >= 0.6 is 67.1 Å². The van der Waals surface area contributed by atoms with Crippen molar-refractivity contribution in [3.63, 3.8) is 0 Å². The molecule has 2 aromatic carbocycles. The fourth-order valence-electron chi connectivity index (χ4n) is 18.5. The summed E-state index contributed by atoms with van der Waals surface area (Å²) >= 11 is 20.9. The quantitative estimate of drug-likeness (QED) is 0.0351. The van der Waals surface area contributed by atoms with Crippen LogP contribution in [0.1, 0.15) is 171 Å². The van der Waals surface area contributed by atoms with Crippen molar-refractivity contribution in [1.82, 2.24) is 63.5 Å². The third-order valence-electron chi connectivity index (χ3n) is 25.2. The Balaban J connectivity index is 0.000000150. The number of imidazole rings is 2. The van der Waals surface area contributed by atoms with Gasteiger partial charge in [0.2, 0.25) is 7.65 Å². The Morgan fingerprint density at radius 1 is 0.617 bits per heavy atom. The number of nitrogens with zero attached hydrogens (tertiary/aromatic N) is 12. The zero-order valence-electron chi connectivity index (χ0n) is 69.1. The first kappa shape index (κ1) is 92.8. The molecule has 2 amide bonds. The number of hydrogen-bond donors (Lipinski definition) is 5. The number of amides is 2. The highest BCUT2D eigenvalue weighted by Gasteiger charge is 2.52. The van der Waals surface area contributed by atoms with Crippen molar-refractivity contribution in [1.29, 1.82) is 0 Å². The van der Waals surface area contributed by atoms with Gasteiger partial charge in [-0.1, -0.05) is 199 Å². The maximum Gasteiger partial charge on any atom is 0.259 e. The van der Waals surface area contributed by atoms with Gasteiger partial charge in [-0.25, -0.2) is 39.2 Å². The summed E-state index contributed by atoms with van der Waals surface area (Å²) in [4.78, 5) is 56.0. The largest absolute Gasteiger partial charge is 0.392 e. The minimum Gasteiger partial charge on any atom is -0.392 e. The first-order valence-electron chi connectivity index (χ1n) is 42.6. The van der Waals surface area contributed by atoms with Gasteiger partial charge in [0.1, 0.15) is 25.1 Å². The van der Waals surface area contributed by atoms with Crippen molar-refractivity contribution in [3.8, 4) is 0 Å². The Morgan fingerprint density at radius 3 is 1.54 bits per heavy atom. The molecule has 11 saturated heterocycles. The van der Waals surface area contributed by atoms with Gasteiger partial charge in [-0.05, 0) is 138 Å². The zero-order valence-corrected chi connectivity index (χ0v) is 77.8. The summed E-state index contributed by atoms with van der Waals surface area (Å²) in [6.07, 6.45) is 24.4. The van der Waals surface area contributed by atoms with Gasteiger partial charge in [-0.3, -0.25) is 18.7 Å². The van der Waals surface area contributed by atoms with Crippen LogP contribution in [-0.4, -0.2) is 238 Å². The van der Waals surface area contributed by atoms with Crippen LogP contribution in [0.15, 0.2) is 86.0 Å². The molecule has 0 radical (unpaired) electrons. The smallest absolute Gasteiger partial charge is 0.259 e. The Bertz CT molecular complexity index is 3910. The second-order valence-electron chi connectivity index (χ2n) is 33.7. The second kappa shape index (κ2) is 45.4. The molecule has 0 bridgehead atoms. The van der Waals surface area contributed by atoms with Crippen LogP contribution in [0.2, 0.25) is 74.0 Å². The van der Waals surface area contributed by atoms with Crippen molar-refractivity contribution in [2.75, 3.05) is 83.3 Å². The van der Waals surface area contributed by atoms with Crippen LogP contribution in [0.4, 0.5) is 11.6 Å². The van der Waals surface area contributed by atoms with E-state index >= 15 is 0 Å². The van der Waals surface area contributed by atoms with Crippen LogP contribution < -0.4 is 16.0 Å². The van der Waals surface area contributed by atoms with Gasteiger partial charge < -0.3 is 63.7 Å². The van der Waals surface area contributed by atoms with E-state index in [1.54, 1.807) is 53.6 Å². The minimum atomic E-state index is -1.20. The molecule has 2 unspecified atom stereocenters. The number of morpholine rings is 1. The van der Waals surface area contributed by atoms with Crippen molar-refractivity contribution >= 4 is 137 Å². The molecule has 15 heterocycles. The average molecular weight is 1780 g/mol. The summed E-state index contributed by atoms with van der Waals surface area (Å²) in [5.74, 6) is -0.982. The lowest BCUT2D eigenvalue weighted by molar-refractivity contribution is -0.0183. The van der Waals surface area contributed by atoms with E-state index in [1.165, 1.54) is 164 Å².